The van der Waals surface area contributed by atoms with E-state index in [-0.39, 0.29) is 40.5 Å². The van der Waals surface area contributed by atoms with Crippen LogP contribution in [-0.4, -0.2) is 0 Å². The molecule has 0 bridgehead atoms. The van der Waals surface area contributed by atoms with Crippen LogP contribution in [0.25, 0.3) is 100 Å². The lowest BCUT2D eigenvalue weighted by Crippen LogP contribution is -2.25. The average molecular weight is 1970 g/mol. The standard InChI is InChI=1S/C27H20F4.C27H33F3.C26H29F.C25H27F.C22H15F7O/c1-2-3-17-4-6-18(7-5-17)19-8-10-20(11-9-19)21-12-13-23(24(28)14-21)22-15-25(29)27(31)26(30)16-22;1-2-3-18-4-6-19(7-5-18)20-8-10-21(11-9-20)22-12-14-23(15-13-22)24-16-25(28)27(30)26(29)17-24;1-3-5-6-8-21-11-15-23(16-12-21)25-18-17-24(19-26(25)27)22-13-9-20(7-4-2)10-14-22;1-3-5-6-7-20-10-14-22(15-11-20)24-17-16-23(18-25(24)26)21-12-8-19(4-2)9-13-21;1-2-3-12-4-6-13(7-5-12)14-8-16(23)20(17(24)9-14)22(28,29)30-15-10-18(25)21(27)19(26)11-15/h4-16H,2-3H2,1H3;12-21H,2-11H2,1H3;9-19H,3-8H2,1-2H3;8-18H,3-7H2,1-2H3;4-11H,2-3H2,1H3. The van der Waals surface area contributed by atoms with Crippen molar-refractivity contribution in [1.82, 2.24) is 0 Å². The quantitative estimate of drug-likeness (QED) is 0.0239. The number of rotatable bonds is 31. The molecule has 2 aliphatic carbocycles. The van der Waals surface area contributed by atoms with E-state index in [1.54, 1.807) is 42.5 Å². The van der Waals surface area contributed by atoms with Gasteiger partial charge in [0, 0.05) is 28.8 Å². The summed E-state index contributed by atoms with van der Waals surface area (Å²) in [5, 5.41) is 0. The predicted molar refractivity (Wildman–Crippen MR) is 554 cm³/mol. The van der Waals surface area contributed by atoms with Crippen LogP contribution >= 0.6 is 0 Å². The van der Waals surface area contributed by atoms with Gasteiger partial charge >= 0.3 is 6.11 Å². The van der Waals surface area contributed by atoms with E-state index in [4.69, 9.17) is 0 Å². The Bertz CT molecular complexity index is 6550. The number of benzene rings is 15. The molecular weight excluding hydrogens is 1850 g/mol. The maximum absolute atomic E-state index is 14.8. The molecule has 750 valence electrons. The van der Waals surface area contributed by atoms with Gasteiger partial charge in [0.2, 0.25) is 0 Å². The average Bonchev–Trinajstić information content (AvgIpc) is 0.773. The highest BCUT2D eigenvalue weighted by Crippen LogP contribution is 2.47. The molecule has 2 saturated carbocycles. The van der Waals surface area contributed by atoms with Crippen molar-refractivity contribution in [3.05, 3.63) is 423 Å². The number of alkyl halides is 2. The van der Waals surface area contributed by atoms with Gasteiger partial charge < -0.3 is 4.74 Å². The lowest BCUT2D eigenvalue weighted by atomic mass is 9.68. The molecule has 17 rings (SSSR count). The Hall–Kier alpha value is -13.0. The highest BCUT2D eigenvalue weighted by atomic mass is 19.3. The molecular formula is C127H124F16O. The summed E-state index contributed by atoms with van der Waals surface area (Å²) in [6.07, 6.45) is 25.7. The first kappa shape index (κ1) is 108. The monoisotopic (exact) mass is 1970 g/mol. The molecule has 0 amide bonds. The van der Waals surface area contributed by atoms with Gasteiger partial charge in [-0.3, -0.25) is 0 Å². The minimum Gasteiger partial charge on any atom is -0.429 e. The molecule has 0 N–H and O–H groups in total. The van der Waals surface area contributed by atoms with Crippen LogP contribution in [0.3, 0.4) is 0 Å². The van der Waals surface area contributed by atoms with Gasteiger partial charge in [0.25, 0.3) is 0 Å². The number of unbranched alkanes of at least 4 members (excludes halogenated alkanes) is 4. The lowest BCUT2D eigenvalue weighted by molar-refractivity contribution is -0.189. The van der Waals surface area contributed by atoms with Crippen molar-refractivity contribution in [2.75, 3.05) is 0 Å². The number of aryl methyl sites for hydroxylation is 6. The van der Waals surface area contributed by atoms with Gasteiger partial charge in [0.15, 0.2) is 52.4 Å². The second-order valence-electron chi connectivity index (χ2n) is 37.8. The van der Waals surface area contributed by atoms with Crippen LogP contribution in [0.15, 0.2) is 297 Å². The Morgan fingerprint density at radius 3 is 0.819 bits per heavy atom. The van der Waals surface area contributed by atoms with Crippen molar-refractivity contribution in [2.24, 2.45) is 17.8 Å². The van der Waals surface area contributed by atoms with Crippen molar-refractivity contribution in [1.29, 1.82) is 0 Å². The normalized spacial score (nSPS) is 14.5. The van der Waals surface area contributed by atoms with E-state index in [0.717, 1.165) is 155 Å². The zero-order valence-electron chi connectivity index (χ0n) is 82.7. The van der Waals surface area contributed by atoms with Gasteiger partial charge in [-0.2, -0.15) is 8.78 Å². The lowest BCUT2D eigenvalue weighted by Gasteiger charge is -2.38. The third kappa shape index (κ3) is 29.2. The zero-order valence-corrected chi connectivity index (χ0v) is 82.7. The summed E-state index contributed by atoms with van der Waals surface area (Å²) in [6.45, 7) is 15.2. The Morgan fingerprint density at radius 2 is 0.493 bits per heavy atom. The summed E-state index contributed by atoms with van der Waals surface area (Å²) in [7, 11) is 0. The van der Waals surface area contributed by atoms with Crippen molar-refractivity contribution in [2.45, 2.75) is 221 Å². The second-order valence-corrected chi connectivity index (χ2v) is 37.8. The predicted octanol–water partition coefficient (Wildman–Crippen LogP) is 39.3. The summed E-state index contributed by atoms with van der Waals surface area (Å²) in [4.78, 5) is 0. The molecule has 0 aliphatic heterocycles. The molecule has 0 radical (unpaired) electrons. The smallest absolute Gasteiger partial charge is 0.429 e. The van der Waals surface area contributed by atoms with Crippen LogP contribution in [0.1, 0.15) is 221 Å². The fourth-order valence-corrected chi connectivity index (χ4v) is 19.4. The molecule has 0 atom stereocenters. The van der Waals surface area contributed by atoms with Crippen LogP contribution in [0.4, 0.5) is 70.2 Å². The van der Waals surface area contributed by atoms with E-state index in [9.17, 15) is 70.2 Å². The Balaban J connectivity index is 0.000000151. The summed E-state index contributed by atoms with van der Waals surface area (Å²) in [5.41, 5.74) is 19.4. The van der Waals surface area contributed by atoms with Crippen LogP contribution in [-0.2, 0) is 44.6 Å². The highest BCUT2D eigenvalue weighted by Gasteiger charge is 2.42. The molecule has 0 aromatic heterocycles. The molecule has 2 fully saturated rings. The van der Waals surface area contributed by atoms with Crippen molar-refractivity contribution in [3.63, 3.8) is 0 Å². The van der Waals surface area contributed by atoms with Crippen LogP contribution in [0, 0.1) is 99.2 Å². The number of halogens is 16. The Morgan fingerprint density at radius 1 is 0.229 bits per heavy atom. The van der Waals surface area contributed by atoms with Gasteiger partial charge in [-0.05, 0) is 291 Å². The van der Waals surface area contributed by atoms with E-state index in [2.05, 4.69) is 155 Å². The molecule has 17 heteroatoms. The van der Waals surface area contributed by atoms with Crippen molar-refractivity contribution in [3.8, 4) is 106 Å². The molecule has 15 aromatic rings. The molecule has 15 aromatic carbocycles. The van der Waals surface area contributed by atoms with Crippen LogP contribution in [0.2, 0.25) is 0 Å². The fraction of sp³-hybridized carbons (Fsp3) is 0.291. The maximum Gasteiger partial charge on any atom is 0.432 e. The van der Waals surface area contributed by atoms with E-state index >= 15 is 0 Å². The molecule has 1 nitrogen and oxygen atoms in total. The van der Waals surface area contributed by atoms with E-state index in [1.165, 1.54) is 148 Å². The second kappa shape index (κ2) is 52.5. The summed E-state index contributed by atoms with van der Waals surface area (Å²) in [5.74, 6) is -15.4. The van der Waals surface area contributed by atoms with Gasteiger partial charge in [0.05, 0.1) is 0 Å². The van der Waals surface area contributed by atoms with Crippen LogP contribution in [0.5, 0.6) is 5.75 Å². The molecule has 0 spiro atoms. The Kier molecular flexibility index (Phi) is 39.5. The number of hydrogen-bond acceptors (Lipinski definition) is 1. The van der Waals surface area contributed by atoms with Crippen LogP contribution < -0.4 is 4.74 Å². The van der Waals surface area contributed by atoms with E-state index < -0.39 is 87.2 Å². The first-order valence-electron chi connectivity index (χ1n) is 50.7. The number of hydrogen-bond donors (Lipinski definition) is 0. The molecule has 144 heavy (non-hydrogen) atoms. The third-order valence-electron chi connectivity index (χ3n) is 27.5. The third-order valence-corrected chi connectivity index (χ3v) is 27.5. The summed E-state index contributed by atoms with van der Waals surface area (Å²) >= 11 is 0. The summed E-state index contributed by atoms with van der Waals surface area (Å²) in [6, 6.07) is 85.3. The van der Waals surface area contributed by atoms with E-state index in [1.807, 2.05) is 91.9 Å². The molecule has 0 heterocycles. The first-order valence-corrected chi connectivity index (χ1v) is 50.7. The maximum atomic E-state index is 14.8. The highest BCUT2D eigenvalue weighted by molar-refractivity contribution is 5.77. The van der Waals surface area contributed by atoms with Crippen molar-refractivity contribution >= 4 is 0 Å². The molecule has 2 aliphatic rings. The minimum absolute atomic E-state index is 0.00494. The van der Waals surface area contributed by atoms with Gasteiger partial charge in [-0.25, -0.2) is 61.5 Å². The fourth-order valence-electron chi connectivity index (χ4n) is 19.4. The summed E-state index contributed by atoms with van der Waals surface area (Å²) < 4.78 is 226. The first-order chi connectivity index (χ1) is 69.5. The number of ether oxygens (including phenoxy) is 1. The zero-order chi connectivity index (χ0) is 103. The Labute approximate surface area is 838 Å². The largest absolute Gasteiger partial charge is 0.432 e. The molecule has 0 unspecified atom stereocenters. The van der Waals surface area contributed by atoms with Gasteiger partial charge in [-0.15, -0.1) is 0 Å². The molecule has 0 saturated heterocycles. The van der Waals surface area contributed by atoms with Gasteiger partial charge in [0.1, 0.15) is 40.4 Å². The van der Waals surface area contributed by atoms with E-state index in [0.29, 0.717) is 51.4 Å². The topological polar surface area (TPSA) is 9.23 Å². The minimum atomic E-state index is -4.62. The SMILES string of the molecule is CCCC1CCC(C2CCC(c3ccc(-c4cc(F)c(F)c(F)c4)cc3)CC2)CC1.CCCCCc1ccc(-c2ccc(-c3ccc(CC)cc3)cc2F)cc1.CCCCCc1ccc(-c2ccc(-c3ccc(CCC)cc3)cc2F)cc1.CCCc1ccc(-c2cc(F)c(C(F)(F)Oc3cc(F)c(F)c(F)c3)c(F)c2)cc1.CCCc1ccc(-c2ccc(-c3ccc(-c4cc(F)c(F)c(F)c4)c(F)c3)cc2)cc1. The van der Waals surface area contributed by atoms with Crippen molar-refractivity contribution < 1.29 is 75.0 Å². The van der Waals surface area contributed by atoms with Gasteiger partial charge in [-0.1, -0.05) is 350 Å².